The van der Waals surface area contributed by atoms with Crippen LogP contribution in [0.15, 0.2) is 60.7 Å². The molecule has 0 saturated heterocycles. The molecule has 1 heterocycles. The zero-order valence-corrected chi connectivity index (χ0v) is 30.3. The molecule has 46 heavy (non-hydrogen) atoms. The molecule has 3 aromatic rings. The Morgan fingerprint density at radius 2 is 1.02 bits per heavy atom. The van der Waals surface area contributed by atoms with Crippen molar-refractivity contribution < 1.29 is 108 Å². The largest absolute Gasteiger partial charge is 1.00 e. The molecular formula is C33H35F2NNa2O8. The number of carbonyl (C=O) groups excluding carboxylic acids is 2. The fourth-order valence-corrected chi connectivity index (χ4v) is 5.00. The maximum Gasteiger partial charge on any atom is 1.00 e. The van der Waals surface area contributed by atoms with Crippen LogP contribution in [-0.2, 0) is 9.59 Å². The van der Waals surface area contributed by atoms with E-state index in [0.717, 1.165) is 0 Å². The Morgan fingerprint density at radius 3 is 1.30 bits per heavy atom. The van der Waals surface area contributed by atoms with Gasteiger partial charge in [0.05, 0.1) is 24.4 Å². The Morgan fingerprint density at radius 1 is 0.696 bits per heavy atom. The average molecular weight is 658 g/mol. The predicted octanol–water partition coefficient (Wildman–Crippen LogP) is -3.78. The van der Waals surface area contributed by atoms with E-state index < -0.39 is 60.8 Å². The zero-order valence-electron chi connectivity index (χ0n) is 26.3. The van der Waals surface area contributed by atoms with E-state index in [1.807, 2.05) is 18.4 Å². The minimum absolute atomic E-state index is 0. The van der Waals surface area contributed by atoms with Crippen LogP contribution in [0.2, 0.25) is 0 Å². The molecule has 0 aliphatic rings. The molecular weight excluding hydrogens is 622 g/mol. The monoisotopic (exact) mass is 657 g/mol. The van der Waals surface area contributed by atoms with E-state index in [2.05, 4.69) is 0 Å². The van der Waals surface area contributed by atoms with Crippen LogP contribution >= 0.6 is 0 Å². The first-order valence-electron chi connectivity index (χ1n) is 14.0. The minimum atomic E-state index is -1.46. The number of hydrogen-bond donors (Lipinski definition) is 4. The van der Waals surface area contributed by atoms with Crippen molar-refractivity contribution in [1.29, 1.82) is 0 Å². The second-order valence-corrected chi connectivity index (χ2v) is 10.8. The number of carboxylic acid groups (broad SMARTS) is 2. The second kappa shape index (κ2) is 19.6. The van der Waals surface area contributed by atoms with E-state index in [0.29, 0.717) is 33.6 Å². The molecule has 0 radical (unpaired) electrons. The van der Waals surface area contributed by atoms with Crippen molar-refractivity contribution in [3.05, 3.63) is 83.7 Å². The van der Waals surface area contributed by atoms with Gasteiger partial charge in [0.25, 0.3) is 0 Å². The van der Waals surface area contributed by atoms with Crippen molar-refractivity contribution in [3.8, 4) is 22.3 Å². The number of carbonyl (C=O) groups is 2. The Hall–Kier alpha value is -2.16. The number of halogens is 2. The third-order valence-corrected chi connectivity index (χ3v) is 6.85. The quantitative estimate of drug-likeness (QED) is 0.121. The normalized spacial score (nSPS) is 14.1. The molecule has 13 heteroatoms. The van der Waals surface area contributed by atoms with Gasteiger partial charge in [-0.1, -0.05) is 36.4 Å². The molecule has 4 unspecified atom stereocenters. The van der Waals surface area contributed by atoms with Crippen LogP contribution in [0.4, 0.5) is 8.78 Å². The standard InChI is InChI=1S/C33H37F2NO8.2Na/c1-19(2)36-28(13-11-24(37)15-26(39)17-30(41)42)32(20-3-7-22(34)8-4-20)33(21-5-9-23(35)10-6-21)29(36)14-12-25(38)16-27(40)18-31(43)44;;/h3-14,19,24-27,37-40H,15-18H2,1-2H3,(H,41,42)(H,43,44);;/q;2*+1/p-2. The fourth-order valence-electron chi connectivity index (χ4n) is 5.00. The summed E-state index contributed by atoms with van der Waals surface area (Å²) in [5.74, 6) is -3.88. The van der Waals surface area contributed by atoms with Crippen molar-refractivity contribution >= 4 is 24.1 Å². The molecule has 0 saturated carbocycles. The maximum atomic E-state index is 14.0. The van der Waals surface area contributed by atoms with Gasteiger partial charge < -0.3 is 44.8 Å². The molecule has 0 aliphatic carbocycles. The predicted molar refractivity (Wildman–Crippen MR) is 156 cm³/mol. The first-order chi connectivity index (χ1) is 20.8. The summed E-state index contributed by atoms with van der Waals surface area (Å²) < 4.78 is 29.8. The van der Waals surface area contributed by atoms with Gasteiger partial charge in [-0.3, -0.25) is 0 Å². The van der Waals surface area contributed by atoms with Gasteiger partial charge >= 0.3 is 59.1 Å². The summed E-state index contributed by atoms with van der Waals surface area (Å²) in [7, 11) is 0. The molecule has 0 aliphatic heterocycles. The van der Waals surface area contributed by atoms with E-state index in [1.165, 1.54) is 36.4 Å². The number of carboxylic acids is 2. The van der Waals surface area contributed by atoms with Crippen LogP contribution in [0, 0.1) is 11.6 Å². The van der Waals surface area contributed by atoms with Gasteiger partial charge in [-0.15, -0.1) is 0 Å². The third-order valence-electron chi connectivity index (χ3n) is 6.85. The number of nitrogens with zero attached hydrogens (tertiary/aromatic N) is 1. The molecule has 0 spiro atoms. The number of hydrogen-bond acceptors (Lipinski definition) is 8. The van der Waals surface area contributed by atoms with Gasteiger partial charge in [0, 0.05) is 66.2 Å². The van der Waals surface area contributed by atoms with Crippen molar-refractivity contribution in [3.63, 3.8) is 0 Å². The van der Waals surface area contributed by atoms with Crippen molar-refractivity contribution in [2.24, 2.45) is 0 Å². The topological polar surface area (TPSA) is 166 Å². The van der Waals surface area contributed by atoms with E-state index in [4.69, 9.17) is 0 Å². The molecule has 2 aromatic carbocycles. The Labute approximate surface area is 310 Å². The van der Waals surface area contributed by atoms with Gasteiger partial charge in [0.1, 0.15) is 11.6 Å². The van der Waals surface area contributed by atoms with Crippen molar-refractivity contribution in [2.45, 2.75) is 70.0 Å². The summed E-state index contributed by atoms with van der Waals surface area (Å²) in [5, 5.41) is 62.8. The molecule has 0 bridgehead atoms. The summed E-state index contributed by atoms with van der Waals surface area (Å²) in [6.07, 6.45) is -1.14. The van der Waals surface area contributed by atoms with E-state index >= 15 is 0 Å². The van der Waals surface area contributed by atoms with Gasteiger partial charge in [-0.05, 0) is 61.4 Å². The molecule has 0 amide bonds. The van der Waals surface area contributed by atoms with Crippen molar-refractivity contribution in [2.75, 3.05) is 0 Å². The number of rotatable bonds is 15. The minimum Gasteiger partial charge on any atom is -0.550 e. The molecule has 0 fully saturated rings. The van der Waals surface area contributed by atoms with Crippen LogP contribution in [0.1, 0.15) is 57.0 Å². The third kappa shape index (κ3) is 12.1. The molecule has 4 atom stereocenters. The van der Waals surface area contributed by atoms with Crippen LogP contribution in [0.5, 0.6) is 0 Å². The number of aliphatic carboxylic acids is 2. The van der Waals surface area contributed by atoms with Crippen LogP contribution in [0.25, 0.3) is 34.4 Å². The number of aliphatic hydroxyl groups is 4. The van der Waals surface area contributed by atoms with Gasteiger partial charge in [0.15, 0.2) is 0 Å². The summed E-state index contributed by atoms with van der Waals surface area (Å²) in [4.78, 5) is 21.7. The van der Waals surface area contributed by atoms with Gasteiger partial charge in [-0.25, -0.2) is 8.78 Å². The SMILES string of the molecule is CC(C)n1c(C=CC(O)CC(O)CC(=O)[O-])c(-c2ccc(F)cc2)c(-c2ccc(F)cc2)c1C=CC(O)CC(O)CC(=O)[O-].[Na+].[Na+]. The van der Waals surface area contributed by atoms with Gasteiger partial charge in [0.2, 0.25) is 0 Å². The average Bonchev–Trinajstić information content (AvgIpc) is 3.24. The van der Waals surface area contributed by atoms with Crippen molar-refractivity contribution in [1.82, 2.24) is 4.57 Å². The second-order valence-electron chi connectivity index (χ2n) is 10.8. The summed E-state index contributed by atoms with van der Waals surface area (Å²) in [6.45, 7) is 3.75. The molecule has 9 nitrogen and oxygen atoms in total. The van der Waals surface area contributed by atoms with E-state index in [1.54, 1.807) is 36.4 Å². The number of aromatic nitrogens is 1. The van der Waals surface area contributed by atoms with Crippen LogP contribution in [-0.4, -0.2) is 61.3 Å². The molecule has 4 N–H and O–H groups in total. The van der Waals surface area contributed by atoms with Gasteiger partial charge in [-0.2, -0.15) is 0 Å². The first kappa shape index (κ1) is 41.9. The number of benzene rings is 2. The smallest absolute Gasteiger partial charge is 0.550 e. The Balaban J connectivity index is 0.00000529. The van der Waals surface area contributed by atoms with E-state index in [9.17, 15) is 49.0 Å². The fraction of sp³-hybridized carbons (Fsp3) is 0.333. The van der Waals surface area contributed by atoms with Crippen LogP contribution in [0.3, 0.4) is 0 Å². The Bertz CT molecular complexity index is 1380. The molecule has 236 valence electrons. The van der Waals surface area contributed by atoms with Crippen LogP contribution < -0.4 is 69.3 Å². The summed E-state index contributed by atoms with van der Waals surface area (Å²) in [5.41, 5.74) is 3.30. The molecule has 3 rings (SSSR count). The Kier molecular flexibility index (Phi) is 17.8. The summed E-state index contributed by atoms with van der Waals surface area (Å²) >= 11 is 0. The zero-order chi connectivity index (χ0) is 32.6. The van der Waals surface area contributed by atoms with E-state index in [-0.39, 0.29) is 78.0 Å². The summed E-state index contributed by atoms with van der Waals surface area (Å²) in [6, 6.07) is 11.0. The maximum absolute atomic E-state index is 14.0. The molecule has 1 aromatic heterocycles. The number of aliphatic hydroxyl groups excluding tert-OH is 4. The first-order valence-corrected chi connectivity index (χ1v) is 14.0.